The third kappa shape index (κ3) is 3.07. The lowest BCUT2D eigenvalue weighted by Crippen LogP contribution is -1.94. The lowest BCUT2D eigenvalue weighted by Gasteiger charge is -2.08. The van der Waals surface area contributed by atoms with Crippen molar-refractivity contribution in [3.63, 3.8) is 0 Å². The van der Waals surface area contributed by atoms with E-state index in [2.05, 4.69) is 0 Å². The summed E-state index contributed by atoms with van der Waals surface area (Å²) in [5.41, 5.74) is 7.57. The molecule has 0 aliphatic heterocycles. The maximum absolute atomic E-state index is 10.7. The first-order valence-electron chi connectivity index (χ1n) is 5.88. The molecule has 2 rings (SSSR count). The van der Waals surface area contributed by atoms with Crippen LogP contribution < -0.4 is 10.5 Å². The average Bonchev–Trinajstić information content (AvgIpc) is 2.90. The number of furan rings is 1. The Hall–Kier alpha value is -2.43. The van der Waals surface area contributed by atoms with Gasteiger partial charge in [0.25, 0.3) is 0 Å². The zero-order chi connectivity index (χ0) is 14.4. The van der Waals surface area contributed by atoms with Crippen LogP contribution in [-0.2, 0) is 0 Å². The Kier molecular flexibility index (Phi) is 5.00. The van der Waals surface area contributed by atoms with Crippen molar-refractivity contribution in [3.8, 4) is 16.9 Å². The number of benzene rings is 1. The number of anilines is 1. The van der Waals surface area contributed by atoms with Crippen molar-refractivity contribution >= 4 is 11.7 Å². The minimum absolute atomic E-state index is 0.121. The Balaban J connectivity index is 0.000000861. The normalized spacial score (nSPS) is 9.42. The van der Waals surface area contributed by atoms with Gasteiger partial charge in [-0.1, -0.05) is 26.0 Å². The number of ether oxygens (including phenoxy) is 1. The van der Waals surface area contributed by atoms with E-state index < -0.39 is 5.97 Å². The largest absolute Gasteiger partial charge is 0.494 e. The van der Waals surface area contributed by atoms with Gasteiger partial charge in [0.1, 0.15) is 5.75 Å². The monoisotopic (exact) mass is 263 g/mol. The Morgan fingerprint density at radius 1 is 1.37 bits per heavy atom. The lowest BCUT2D eigenvalue weighted by molar-refractivity contribution is 0.0662. The van der Waals surface area contributed by atoms with Gasteiger partial charge in [-0.2, -0.15) is 0 Å². The highest BCUT2D eigenvalue weighted by molar-refractivity contribution is 5.87. The molecule has 0 amide bonds. The predicted octanol–water partition coefficient (Wildman–Crippen LogP) is 3.26. The molecule has 0 saturated carbocycles. The maximum Gasteiger partial charge on any atom is 0.371 e. The molecule has 0 bridgehead atoms. The predicted molar refractivity (Wildman–Crippen MR) is 73.4 cm³/mol. The second kappa shape index (κ2) is 6.49. The smallest absolute Gasteiger partial charge is 0.371 e. The van der Waals surface area contributed by atoms with E-state index in [1.807, 2.05) is 13.8 Å². The van der Waals surface area contributed by atoms with Gasteiger partial charge in [-0.25, -0.2) is 4.79 Å². The number of methoxy groups -OCH3 is 1. The second-order valence-corrected chi connectivity index (χ2v) is 3.43. The van der Waals surface area contributed by atoms with E-state index in [9.17, 15) is 4.79 Å². The van der Waals surface area contributed by atoms with Gasteiger partial charge in [-0.15, -0.1) is 0 Å². The standard InChI is InChI=1S/C12H11NO4.C2H6/c1-16-11-8(3-2-4-9(11)13)7-5-10(12(14)15)17-6-7;1-2/h2-6H,13H2,1H3,(H,14,15);1-2H3. The molecule has 0 saturated heterocycles. The maximum atomic E-state index is 10.7. The molecule has 0 unspecified atom stereocenters. The van der Waals surface area contributed by atoms with Crippen molar-refractivity contribution < 1.29 is 19.1 Å². The van der Waals surface area contributed by atoms with E-state index in [0.29, 0.717) is 22.6 Å². The molecule has 1 heterocycles. The molecular weight excluding hydrogens is 246 g/mol. The third-order valence-electron chi connectivity index (χ3n) is 2.37. The van der Waals surface area contributed by atoms with Gasteiger partial charge in [-0.05, 0) is 12.1 Å². The number of carboxylic acids is 1. The molecule has 0 atom stereocenters. The quantitative estimate of drug-likeness (QED) is 0.830. The average molecular weight is 263 g/mol. The minimum atomic E-state index is -1.11. The molecule has 1 aromatic carbocycles. The molecule has 0 spiro atoms. The third-order valence-corrected chi connectivity index (χ3v) is 2.37. The van der Waals surface area contributed by atoms with Crippen LogP contribution in [0.2, 0.25) is 0 Å². The molecule has 5 heteroatoms. The number of rotatable bonds is 3. The minimum Gasteiger partial charge on any atom is -0.494 e. The fraction of sp³-hybridized carbons (Fsp3) is 0.214. The molecule has 1 aromatic heterocycles. The zero-order valence-electron chi connectivity index (χ0n) is 11.1. The topological polar surface area (TPSA) is 85.7 Å². The highest BCUT2D eigenvalue weighted by Gasteiger charge is 2.14. The number of carboxylic acid groups (broad SMARTS) is 1. The Labute approximate surface area is 111 Å². The van der Waals surface area contributed by atoms with Crippen LogP contribution in [-0.4, -0.2) is 18.2 Å². The summed E-state index contributed by atoms with van der Waals surface area (Å²) in [6.45, 7) is 4.00. The number of nitrogens with two attached hydrogens (primary N) is 1. The van der Waals surface area contributed by atoms with E-state index >= 15 is 0 Å². The van der Waals surface area contributed by atoms with Crippen molar-refractivity contribution in [3.05, 3.63) is 36.3 Å². The van der Waals surface area contributed by atoms with E-state index in [1.54, 1.807) is 18.2 Å². The highest BCUT2D eigenvalue weighted by atomic mass is 16.5. The van der Waals surface area contributed by atoms with Crippen LogP contribution in [0.15, 0.2) is 34.9 Å². The van der Waals surface area contributed by atoms with Gasteiger partial charge >= 0.3 is 5.97 Å². The van der Waals surface area contributed by atoms with Crippen LogP contribution in [0.25, 0.3) is 11.1 Å². The molecule has 5 nitrogen and oxygen atoms in total. The SMILES string of the molecule is CC.COc1c(N)cccc1-c1coc(C(=O)O)c1. The van der Waals surface area contributed by atoms with Crippen molar-refractivity contribution in [1.29, 1.82) is 0 Å². The Bertz CT molecular complexity index is 560. The van der Waals surface area contributed by atoms with E-state index in [-0.39, 0.29) is 5.76 Å². The second-order valence-electron chi connectivity index (χ2n) is 3.43. The van der Waals surface area contributed by atoms with Crippen LogP contribution in [0.5, 0.6) is 5.75 Å². The fourth-order valence-corrected chi connectivity index (χ4v) is 1.60. The van der Waals surface area contributed by atoms with Crippen LogP contribution in [0, 0.1) is 0 Å². The zero-order valence-corrected chi connectivity index (χ0v) is 11.1. The number of carbonyl (C=O) groups is 1. The van der Waals surface area contributed by atoms with Gasteiger partial charge in [0.15, 0.2) is 0 Å². The number of para-hydroxylation sites is 1. The van der Waals surface area contributed by atoms with Crippen LogP contribution in [0.1, 0.15) is 24.4 Å². The van der Waals surface area contributed by atoms with Crippen LogP contribution in [0.4, 0.5) is 5.69 Å². The van der Waals surface area contributed by atoms with E-state index in [4.69, 9.17) is 20.0 Å². The van der Waals surface area contributed by atoms with Crippen LogP contribution >= 0.6 is 0 Å². The van der Waals surface area contributed by atoms with Crippen molar-refractivity contribution in [2.45, 2.75) is 13.8 Å². The first-order valence-corrected chi connectivity index (χ1v) is 5.88. The summed E-state index contributed by atoms with van der Waals surface area (Å²) >= 11 is 0. The molecule has 3 N–H and O–H groups in total. The number of hydrogen-bond donors (Lipinski definition) is 2. The summed E-state index contributed by atoms with van der Waals surface area (Å²) in [5, 5.41) is 8.78. The first-order chi connectivity index (χ1) is 9.13. The van der Waals surface area contributed by atoms with Crippen molar-refractivity contribution in [2.75, 3.05) is 12.8 Å². The summed E-state index contributed by atoms with van der Waals surface area (Å²) in [4.78, 5) is 10.7. The fourth-order valence-electron chi connectivity index (χ4n) is 1.60. The van der Waals surface area contributed by atoms with E-state index in [0.717, 1.165) is 0 Å². The number of hydrogen-bond acceptors (Lipinski definition) is 4. The molecule has 0 fully saturated rings. The number of nitrogen functional groups attached to an aromatic ring is 1. The molecule has 0 radical (unpaired) electrons. The molecule has 0 aliphatic rings. The first kappa shape index (κ1) is 14.6. The van der Waals surface area contributed by atoms with Gasteiger partial charge in [-0.3, -0.25) is 0 Å². The number of aromatic carboxylic acids is 1. The van der Waals surface area contributed by atoms with Gasteiger partial charge in [0.05, 0.1) is 19.1 Å². The molecular formula is C14H17NO4. The molecule has 0 aliphatic carbocycles. The molecule has 19 heavy (non-hydrogen) atoms. The summed E-state index contributed by atoms with van der Waals surface area (Å²) in [5.74, 6) is -0.728. The van der Waals surface area contributed by atoms with Gasteiger partial charge < -0.3 is 20.0 Å². The lowest BCUT2D eigenvalue weighted by atomic mass is 10.1. The summed E-state index contributed by atoms with van der Waals surface area (Å²) in [7, 11) is 1.51. The summed E-state index contributed by atoms with van der Waals surface area (Å²) in [6, 6.07) is 6.69. The Morgan fingerprint density at radius 2 is 2.05 bits per heavy atom. The summed E-state index contributed by atoms with van der Waals surface area (Å²) in [6.07, 6.45) is 1.36. The molecule has 2 aromatic rings. The summed E-state index contributed by atoms with van der Waals surface area (Å²) < 4.78 is 10.1. The van der Waals surface area contributed by atoms with E-state index in [1.165, 1.54) is 19.4 Å². The van der Waals surface area contributed by atoms with Crippen LogP contribution in [0.3, 0.4) is 0 Å². The Morgan fingerprint density at radius 3 is 2.58 bits per heavy atom. The highest BCUT2D eigenvalue weighted by Crippen LogP contribution is 2.35. The van der Waals surface area contributed by atoms with Gasteiger partial charge in [0, 0.05) is 11.1 Å². The van der Waals surface area contributed by atoms with Crippen molar-refractivity contribution in [1.82, 2.24) is 0 Å². The van der Waals surface area contributed by atoms with Crippen molar-refractivity contribution in [2.24, 2.45) is 0 Å². The van der Waals surface area contributed by atoms with Gasteiger partial charge in [0.2, 0.25) is 5.76 Å². The molecule has 102 valence electrons.